The van der Waals surface area contributed by atoms with E-state index in [4.69, 9.17) is 5.11 Å². The van der Waals surface area contributed by atoms with Crippen LogP contribution in [-0.2, 0) is 0 Å². The Morgan fingerprint density at radius 3 is 2.07 bits per heavy atom. The van der Waals surface area contributed by atoms with E-state index >= 15 is 0 Å². The molecule has 0 bridgehead atoms. The summed E-state index contributed by atoms with van der Waals surface area (Å²) in [4.78, 5) is 0. The largest absolute Gasteiger partial charge is 0.394 e. The van der Waals surface area contributed by atoms with E-state index in [1.807, 2.05) is 0 Å². The Labute approximate surface area is 249 Å². The van der Waals surface area contributed by atoms with Crippen LogP contribution in [-0.4, -0.2) is 67.8 Å². The van der Waals surface area contributed by atoms with Gasteiger partial charge in [-0.05, 0) is 127 Å². The fourth-order valence-electron chi connectivity index (χ4n) is 13.4. The highest BCUT2D eigenvalue weighted by atomic mass is 16.4. The summed E-state index contributed by atoms with van der Waals surface area (Å²) in [6.07, 6.45) is 6.56. The molecule has 0 aromatic rings. The van der Waals surface area contributed by atoms with Gasteiger partial charge in [-0.25, -0.2) is 0 Å². The molecule has 5 rings (SSSR count). The average molecular weight is 579 g/mol. The molecule has 6 heteroatoms. The molecule has 5 aliphatic carbocycles. The maximum Gasteiger partial charge on any atom is 0.108 e. The molecule has 6 nitrogen and oxygen atoms in total. The smallest absolute Gasteiger partial charge is 0.108 e. The first-order valence-corrected chi connectivity index (χ1v) is 17.0. The Morgan fingerprint density at radius 1 is 0.732 bits per heavy atom. The van der Waals surface area contributed by atoms with Crippen molar-refractivity contribution >= 4 is 0 Å². The number of fused-ring (bicyclic) bond motifs is 7. The van der Waals surface area contributed by atoms with Gasteiger partial charge in [0.15, 0.2) is 0 Å². The van der Waals surface area contributed by atoms with Crippen molar-refractivity contribution in [3.05, 3.63) is 0 Å². The number of hydrogen-bond acceptors (Lipinski definition) is 6. The second-order valence-electron chi connectivity index (χ2n) is 17.5. The maximum absolute atomic E-state index is 12.2. The number of rotatable bonds is 7. The highest BCUT2D eigenvalue weighted by Crippen LogP contribution is 2.78. The number of aliphatic hydroxyl groups excluding tert-OH is 6. The minimum atomic E-state index is -1.32. The van der Waals surface area contributed by atoms with E-state index in [-0.39, 0.29) is 51.1 Å². The maximum atomic E-state index is 12.2. The van der Waals surface area contributed by atoms with Gasteiger partial charge in [0.1, 0.15) is 12.2 Å². The number of aliphatic hydroxyl groups is 6. The van der Waals surface area contributed by atoms with Gasteiger partial charge in [-0.2, -0.15) is 0 Å². The standard InChI is InChI=1S/C35H62O6/c1-20(9-10-23(37)28(41)26(40)19-36)21-11-15-32(4)22(21)12-16-34(6)27(32)17-24(38)30-33(5)14-8-13-31(2,3)29(33)25(39)18-35(30,34)7/h20-30,36-41H,8-19H2,1-7H3/t20-,21-,22?,23-,24-,25+,26+,27?,28-,29?,30?,32+,33+,34-,35-/m1/s1. The molecule has 0 amide bonds. The topological polar surface area (TPSA) is 121 Å². The van der Waals surface area contributed by atoms with Crippen LogP contribution in [0.2, 0.25) is 0 Å². The Hall–Kier alpha value is -0.240. The van der Waals surface area contributed by atoms with E-state index in [0.717, 1.165) is 51.4 Å². The van der Waals surface area contributed by atoms with Gasteiger partial charge in [0, 0.05) is 0 Å². The molecular formula is C35H62O6. The third-order valence-electron chi connectivity index (χ3n) is 15.2. The van der Waals surface area contributed by atoms with Crippen molar-refractivity contribution in [2.24, 2.45) is 62.6 Å². The minimum Gasteiger partial charge on any atom is -0.394 e. The Morgan fingerprint density at radius 2 is 1.41 bits per heavy atom. The van der Waals surface area contributed by atoms with Crippen LogP contribution in [0.5, 0.6) is 0 Å². The molecule has 0 aliphatic heterocycles. The summed E-state index contributed by atoms with van der Waals surface area (Å²) in [6.45, 7) is 16.3. The lowest BCUT2D eigenvalue weighted by Crippen LogP contribution is -2.71. The van der Waals surface area contributed by atoms with Crippen molar-refractivity contribution in [2.45, 2.75) is 150 Å². The zero-order valence-corrected chi connectivity index (χ0v) is 27.0. The molecule has 4 unspecified atom stereocenters. The predicted octanol–water partition coefficient (Wildman–Crippen LogP) is 4.91. The fraction of sp³-hybridized carbons (Fsp3) is 1.00. The van der Waals surface area contributed by atoms with Crippen molar-refractivity contribution < 1.29 is 30.6 Å². The molecule has 0 aromatic carbocycles. The van der Waals surface area contributed by atoms with Gasteiger partial charge < -0.3 is 30.6 Å². The van der Waals surface area contributed by atoms with Crippen molar-refractivity contribution in [3.8, 4) is 0 Å². The van der Waals surface area contributed by atoms with Gasteiger partial charge in [0.2, 0.25) is 0 Å². The molecule has 5 fully saturated rings. The predicted molar refractivity (Wildman–Crippen MR) is 161 cm³/mol. The first-order valence-electron chi connectivity index (χ1n) is 17.0. The summed E-state index contributed by atoms with van der Waals surface area (Å²) in [5.74, 6) is 2.35. The highest BCUT2D eigenvalue weighted by molar-refractivity contribution is 5.22. The lowest BCUT2D eigenvalue weighted by molar-refractivity contribution is -0.294. The third kappa shape index (κ3) is 4.62. The van der Waals surface area contributed by atoms with E-state index in [1.165, 1.54) is 12.8 Å². The lowest BCUT2D eigenvalue weighted by Gasteiger charge is -2.74. The Kier molecular flexibility index (Phi) is 8.38. The van der Waals surface area contributed by atoms with Crippen molar-refractivity contribution in [2.75, 3.05) is 6.61 Å². The molecule has 0 saturated heterocycles. The van der Waals surface area contributed by atoms with E-state index in [9.17, 15) is 25.5 Å². The van der Waals surface area contributed by atoms with Crippen molar-refractivity contribution in [1.82, 2.24) is 0 Å². The summed E-state index contributed by atoms with van der Waals surface area (Å²) in [5.41, 5.74) is 0.127. The lowest BCUT2D eigenvalue weighted by atomic mass is 9.31. The molecule has 15 atom stereocenters. The molecule has 0 aromatic heterocycles. The second kappa shape index (κ2) is 10.7. The molecule has 6 N–H and O–H groups in total. The SMILES string of the molecule is C[C@H](CC[C@@H](O)[C@@H](O)[C@@H](O)CO)[C@H]1CC[C@@]2(C)C1CC[C@]1(C)C2C[C@@H](O)C2[C@@]3(C)CCCC(C)(C)C3[C@@H](O)C[C@]21C. The van der Waals surface area contributed by atoms with Crippen molar-refractivity contribution in [1.29, 1.82) is 0 Å². The van der Waals surface area contributed by atoms with Gasteiger partial charge in [0.05, 0.1) is 24.9 Å². The zero-order valence-electron chi connectivity index (χ0n) is 27.0. The van der Waals surface area contributed by atoms with Gasteiger partial charge in [-0.15, -0.1) is 0 Å². The van der Waals surface area contributed by atoms with Gasteiger partial charge in [0.25, 0.3) is 0 Å². The first-order chi connectivity index (χ1) is 19.0. The zero-order chi connectivity index (χ0) is 30.3. The van der Waals surface area contributed by atoms with Gasteiger partial charge in [-0.1, -0.05) is 54.9 Å². The third-order valence-corrected chi connectivity index (χ3v) is 15.2. The van der Waals surface area contributed by atoms with Crippen LogP contribution in [0.4, 0.5) is 0 Å². The van der Waals surface area contributed by atoms with E-state index < -0.39 is 24.9 Å². The molecule has 0 radical (unpaired) electrons. The quantitative estimate of drug-likeness (QED) is 0.255. The normalized spacial score (nSPS) is 51.9. The summed E-state index contributed by atoms with van der Waals surface area (Å²) in [5, 5.41) is 63.6. The molecule has 0 heterocycles. The summed E-state index contributed by atoms with van der Waals surface area (Å²) in [7, 11) is 0. The molecule has 5 aliphatic rings. The minimum absolute atomic E-state index is 0.0545. The van der Waals surface area contributed by atoms with Crippen molar-refractivity contribution in [3.63, 3.8) is 0 Å². The molecule has 5 saturated carbocycles. The molecular weight excluding hydrogens is 516 g/mol. The van der Waals surface area contributed by atoms with E-state index in [1.54, 1.807) is 0 Å². The summed E-state index contributed by atoms with van der Waals surface area (Å²) >= 11 is 0. The van der Waals surface area contributed by atoms with Crippen LogP contribution < -0.4 is 0 Å². The van der Waals surface area contributed by atoms with Crippen LogP contribution >= 0.6 is 0 Å². The Bertz CT molecular complexity index is 955. The fourth-order valence-corrected chi connectivity index (χ4v) is 13.4. The van der Waals surface area contributed by atoms with E-state index in [0.29, 0.717) is 30.1 Å². The van der Waals surface area contributed by atoms with Crippen LogP contribution in [0.15, 0.2) is 0 Å². The van der Waals surface area contributed by atoms with Gasteiger partial charge in [-0.3, -0.25) is 0 Å². The Balaban J connectivity index is 1.38. The summed E-state index contributed by atoms with van der Waals surface area (Å²) < 4.78 is 0. The average Bonchev–Trinajstić information content (AvgIpc) is 3.23. The number of hydrogen-bond donors (Lipinski definition) is 6. The monoisotopic (exact) mass is 578 g/mol. The summed E-state index contributed by atoms with van der Waals surface area (Å²) in [6, 6.07) is 0. The van der Waals surface area contributed by atoms with E-state index in [2.05, 4.69) is 48.5 Å². The second-order valence-corrected chi connectivity index (χ2v) is 17.5. The molecule has 238 valence electrons. The highest BCUT2D eigenvalue weighted by Gasteiger charge is 2.73. The van der Waals surface area contributed by atoms with Crippen LogP contribution in [0.25, 0.3) is 0 Å². The van der Waals surface area contributed by atoms with Gasteiger partial charge >= 0.3 is 0 Å². The van der Waals surface area contributed by atoms with Crippen LogP contribution in [0.1, 0.15) is 119 Å². The first kappa shape index (κ1) is 32.2. The van der Waals surface area contributed by atoms with Crippen LogP contribution in [0, 0.1) is 62.6 Å². The van der Waals surface area contributed by atoms with Crippen LogP contribution in [0.3, 0.4) is 0 Å². The molecule has 41 heavy (non-hydrogen) atoms. The molecule has 0 spiro atoms.